The second-order valence-corrected chi connectivity index (χ2v) is 1.51. The molecule has 1 radical (unpaired) electrons. The van der Waals surface area contributed by atoms with Crippen molar-refractivity contribution in [1.82, 2.24) is 0 Å². The summed E-state index contributed by atoms with van der Waals surface area (Å²) in [6.07, 6.45) is -0.932. The van der Waals surface area contributed by atoms with E-state index in [9.17, 15) is 5.11 Å². The molecule has 0 saturated carbocycles. The minimum atomic E-state index is -0.932. The molecule has 0 aliphatic carbocycles. The molecule has 7 heavy (non-hydrogen) atoms. The summed E-state index contributed by atoms with van der Waals surface area (Å²) >= 11 is 5.18. The third-order valence-electron chi connectivity index (χ3n) is 0.430. The summed E-state index contributed by atoms with van der Waals surface area (Å²) in [6.45, 7) is 1.79. The molecule has 0 N–H and O–H groups in total. The Morgan fingerprint density at radius 3 is 2.57 bits per heavy atom. The highest BCUT2D eigenvalue weighted by Crippen LogP contribution is 1.84. The van der Waals surface area contributed by atoms with Gasteiger partial charge in [0.15, 0.2) is 6.29 Å². The quantitative estimate of drug-likeness (QED) is 0.407. The van der Waals surface area contributed by atoms with Gasteiger partial charge in [0.25, 0.3) is 0 Å². The highest BCUT2D eigenvalue weighted by atomic mass is 35.5. The van der Waals surface area contributed by atoms with Crippen LogP contribution in [0.3, 0.4) is 0 Å². The van der Waals surface area contributed by atoms with Crippen LogP contribution in [0.1, 0.15) is 6.92 Å². The standard InChI is InChI=1S/C4H8ClO2/c1-4(6)7-3-2-5/h4H,2-3H2,1H3. The second-order valence-electron chi connectivity index (χ2n) is 1.13. The van der Waals surface area contributed by atoms with Crippen LogP contribution >= 0.6 is 11.6 Å². The molecule has 0 aromatic carbocycles. The van der Waals surface area contributed by atoms with E-state index in [0.717, 1.165) is 0 Å². The van der Waals surface area contributed by atoms with Crippen molar-refractivity contribution in [2.24, 2.45) is 0 Å². The monoisotopic (exact) mass is 123 g/mol. The zero-order valence-electron chi connectivity index (χ0n) is 4.19. The fraction of sp³-hybridized carbons (Fsp3) is 1.00. The predicted molar refractivity (Wildman–Crippen MR) is 26.8 cm³/mol. The molecule has 0 saturated heterocycles. The number of halogens is 1. The van der Waals surface area contributed by atoms with Crippen LogP contribution in [0.4, 0.5) is 0 Å². The number of ether oxygens (including phenoxy) is 1. The minimum absolute atomic E-state index is 0.353. The highest BCUT2D eigenvalue weighted by Gasteiger charge is 1.92. The van der Waals surface area contributed by atoms with Crippen LogP contribution < -0.4 is 0 Å². The Morgan fingerprint density at radius 2 is 2.43 bits per heavy atom. The third-order valence-corrected chi connectivity index (χ3v) is 0.584. The van der Waals surface area contributed by atoms with E-state index in [4.69, 9.17) is 11.6 Å². The largest absolute Gasteiger partial charge is 0.349 e. The van der Waals surface area contributed by atoms with Crippen LogP contribution in [0.2, 0.25) is 0 Å². The molecule has 0 heterocycles. The lowest BCUT2D eigenvalue weighted by Crippen LogP contribution is -2.05. The molecule has 0 aliphatic heterocycles. The summed E-state index contributed by atoms with van der Waals surface area (Å²) < 4.78 is 4.50. The average molecular weight is 124 g/mol. The van der Waals surface area contributed by atoms with Crippen molar-refractivity contribution in [2.75, 3.05) is 12.5 Å². The fourth-order valence-electron chi connectivity index (χ4n) is 0.211. The molecule has 3 heteroatoms. The Balaban J connectivity index is 2.68. The molecule has 0 spiro atoms. The van der Waals surface area contributed by atoms with Crippen LogP contribution in [0, 0.1) is 0 Å². The van der Waals surface area contributed by atoms with Gasteiger partial charge in [0.1, 0.15) is 0 Å². The van der Waals surface area contributed by atoms with Gasteiger partial charge in [-0.2, -0.15) is 0 Å². The average Bonchev–Trinajstić information content (AvgIpc) is 1.61. The van der Waals surface area contributed by atoms with Gasteiger partial charge in [-0.15, -0.1) is 11.6 Å². The molecule has 2 nitrogen and oxygen atoms in total. The van der Waals surface area contributed by atoms with Gasteiger partial charge in [0.05, 0.1) is 6.61 Å². The molecule has 0 rings (SSSR count). The maximum atomic E-state index is 10.0. The van der Waals surface area contributed by atoms with Gasteiger partial charge >= 0.3 is 0 Å². The van der Waals surface area contributed by atoms with E-state index in [-0.39, 0.29) is 0 Å². The molecule has 0 aromatic heterocycles. The van der Waals surface area contributed by atoms with Gasteiger partial charge in [-0.25, -0.2) is 5.11 Å². The van der Waals surface area contributed by atoms with Crippen molar-refractivity contribution >= 4 is 11.6 Å². The lowest BCUT2D eigenvalue weighted by Gasteiger charge is -1.98. The van der Waals surface area contributed by atoms with Gasteiger partial charge in [0, 0.05) is 5.88 Å². The summed E-state index contributed by atoms with van der Waals surface area (Å²) in [5.74, 6) is 0.395. The molecule has 43 valence electrons. The van der Waals surface area contributed by atoms with Gasteiger partial charge in [0.2, 0.25) is 0 Å². The second kappa shape index (κ2) is 4.37. The van der Waals surface area contributed by atoms with E-state index >= 15 is 0 Å². The molecular weight excluding hydrogens is 115 g/mol. The Labute approximate surface area is 48.0 Å². The van der Waals surface area contributed by atoms with E-state index in [1.165, 1.54) is 6.92 Å². The first-order chi connectivity index (χ1) is 3.27. The smallest absolute Gasteiger partial charge is 0.188 e. The van der Waals surface area contributed by atoms with Crippen LogP contribution in [0.15, 0.2) is 0 Å². The van der Waals surface area contributed by atoms with Gasteiger partial charge in [-0.05, 0) is 6.92 Å². The molecule has 0 amide bonds. The molecule has 1 atom stereocenters. The van der Waals surface area contributed by atoms with Gasteiger partial charge < -0.3 is 4.74 Å². The van der Waals surface area contributed by atoms with E-state index in [1.54, 1.807) is 0 Å². The lowest BCUT2D eigenvalue weighted by atomic mass is 10.7. The Kier molecular flexibility index (Phi) is 4.50. The number of rotatable bonds is 3. The molecular formula is C4H8ClO2. The molecule has 0 aromatic rings. The number of alkyl halides is 1. The van der Waals surface area contributed by atoms with Gasteiger partial charge in [-0.3, -0.25) is 0 Å². The predicted octanol–water partition coefficient (Wildman–Crippen LogP) is 1.02. The van der Waals surface area contributed by atoms with Gasteiger partial charge in [-0.1, -0.05) is 0 Å². The van der Waals surface area contributed by atoms with Crippen LogP contribution in [0.25, 0.3) is 0 Å². The first-order valence-corrected chi connectivity index (χ1v) is 2.64. The van der Waals surface area contributed by atoms with Crippen molar-refractivity contribution in [3.8, 4) is 0 Å². The van der Waals surface area contributed by atoms with Crippen LogP contribution in [-0.4, -0.2) is 18.8 Å². The normalized spacial score (nSPS) is 14.1. The van der Waals surface area contributed by atoms with E-state index in [0.29, 0.717) is 12.5 Å². The summed E-state index contributed by atoms with van der Waals surface area (Å²) in [7, 11) is 0. The van der Waals surface area contributed by atoms with Crippen molar-refractivity contribution in [3.63, 3.8) is 0 Å². The van der Waals surface area contributed by atoms with Crippen LogP contribution in [-0.2, 0) is 9.84 Å². The molecule has 0 fully saturated rings. The minimum Gasteiger partial charge on any atom is -0.349 e. The Hall–Kier alpha value is 0.210. The SMILES string of the molecule is CC([O])OCCCl. The Morgan fingerprint density at radius 1 is 1.86 bits per heavy atom. The zero-order valence-corrected chi connectivity index (χ0v) is 4.94. The van der Waals surface area contributed by atoms with Crippen LogP contribution in [0.5, 0.6) is 0 Å². The third kappa shape index (κ3) is 6.21. The van der Waals surface area contributed by atoms with Crippen molar-refractivity contribution in [3.05, 3.63) is 0 Å². The topological polar surface area (TPSA) is 29.1 Å². The zero-order chi connectivity index (χ0) is 5.70. The van der Waals surface area contributed by atoms with E-state index < -0.39 is 6.29 Å². The van der Waals surface area contributed by atoms with Crippen molar-refractivity contribution in [2.45, 2.75) is 13.2 Å². The van der Waals surface area contributed by atoms with Crippen molar-refractivity contribution in [1.29, 1.82) is 0 Å². The maximum absolute atomic E-state index is 10.0. The molecule has 0 aliphatic rings. The van der Waals surface area contributed by atoms with E-state index in [2.05, 4.69) is 4.74 Å². The highest BCUT2D eigenvalue weighted by molar-refractivity contribution is 6.17. The summed E-state index contributed by atoms with van der Waals surface area (Å²) in [6, 6.07) is 0. The number of hydrogen-bond acceptors (Lipinski definition) is 1. The first-order valence-electron chi connectivity index (χ1n) is 2.10. The maximum Gasteiger partial charge on any atom is 0.188 e. The first kappa shape index (κ1) is 7.21. The summed E-state index contributed by atoms with van der Waals surface area (Å²) in [4.78, 5) is 0. The lowest BCUT2D eigenvalue weighted by molar-refractivity contribution is -0.121. The van der Waals surface area contributed by atoms with Crippen molar-refractivity contribution < 1.29 is 9.84 Å². The summed E-state index contributed by atoms with van der Waals surface area (Å²) in [5, 5.41) is 10.0. The Bertz CT molecular complexity index is 38.7. The molecule has 0 bridgehead atoms. The van der Waals surface area contributed by atoms with E-state index in [1.807, 2.05) is 0 Å². The molecule has 1 unspecified atom stereocenters. The summed E-state index contributed by atoms with van der Waals surface area (Å²) in [5.41, 5.74) is 0. The number of hydrogen-bond donors (Lipinski definition) is 0. The fourth-order valence-corrected chi connectivity index (χ4v) is 0.300.